The molecule has 7 heteroatoms. The number of nitrogens with one attached hydrogen (secondary N) is 1. The molecule has 0 spiro atoms. The molecule has 0 aliphatic rings. The Morgan fingerprint density at radius 3 is 2.71 bits per heavy atom. The van der Waals surface area contributed by atoms with Gasteiger partial charge in [-0.2, -0.15) is 0 Å². The Labute approximate surface area is 128 Å². The zero-order chi connectivity index (χ0) is 15.1. The van der Waals surface area contributed by atoms with Crippen molar-refractivity contribution in [3.8, 4) is 0 Å². The molecule has 0 atom stereocenters. The Morgan fingerprint density at radius 1 is 1.33 bits per heavy atom. The minimum absolute atomic E-state index is 0.0427. The molecule has 0 radical (unpaired) electrons. The first kappa shape index (κ1) is 15.5. The molecule has 1 amide bonds. The van der Waals surface area contributed by atoms with Gasteiger partial charge in [-0.05, 0) is 53.8 Å². The largest absolute Gasteiger partial charge is 0.326 e. The number of amides is 1. The van der Waals surface area contributed by atoms with E-state index in [0.717, 1.165) is 17.9 Å². The fourth-order valence-corrected chi connectivity index (χ4v) is 2.51. The van der Waals surface area contributed by atoms with E-state index < -0.39 is 0 Å². The molecule has 0 aliphatic heterocycles. The second kappa shape index (κ2) is 7.78. The molecule has 2 aromatic rings. The number of hydrogen-bond acceptors (Lipinski definition) is 5. The van der Waals surface area contributed by atoms with Crippen LogP contribution in [0.25, 0.3) is 0 Å². The lowest BCUT2D eigenvalue weighted by Crippen LogP contribution is -2.15. The van der Waals surface area contributed by atoms with Gasteiger partial charge in [-0.1, -0.05) is 6.92 Å². The highest BCUT2D eigenvalue weighted by Gasteiger charge is 2.06. The fourth-order valence-electron chi connectivity index (χ4n) is 1.74. The van der Waals surface area contributed by atoms with E-state index in [9.17, 15) is 4.79 Å². The summed E-state index contributed by atoms with van der Waals surface area (Å²) in [6.45, 7) is 4.45. The van der Waals surface area contributed by atoms with Crippen LogP contribution >= 0.6 is 11.8 Å². The van der Waals surface area contributed by atoms with Crippen LogP contribution in [0.15, 0.2) is 29.2 Å². The summed E-state index contributed by atoms with van der Waals surface area (Å²) in [5.74, 6) is 1.77. The third-order valence-corrected chi connectivity index (χ3v) is 4.09. The number of aryl methyl sites for hydroxylation is 2. The highest BCUT2D eigenvalue weighted by Crippen LogP contribution is 2.20. The maximum absolute atomic E-state index is 11.9. The Bertz CT molecular complexity index is 581. The van der Waals surface area contributed by atoms with Crippen molar-refractivity contribution in [2.24, 2.45) is 0 Å². The summed E-state index contributed by atoms with van der Waals surface area (Å²) in [6, 6.07) is 7.92. The average Bonchev–Trinajstić information content (AvgIpc) is 2.90. The first-order valence-corrected chi connectivity index (χ1v) is 7.93. The second-order valence-corrected chi connectivity index (χ2v) is 5.79. The molecular weight excluding hydrogens is 286 g/mol. The van der Waals surface area contributed by atoms with Crippen LogP contribution in [0.5, 0.6) is 0 Å². The highest BCUT2D eigenvalue weighted by atomic mass is 32.2. The maximum Gasteiger partial charge on any atom is 0.226 e. The molecular formula is C14H19N5OS. The molecule has 0 fully saturated rings. The van der Waals surface area contributed by atoms with E-state index in [-0.39, 0.29) is 5.91 Å². The van der Waals surface area contributed by atoms with Gasteiger partial charge in [-0.3, -0.25) is 4.79 Å². The van der Waals surface area contributed by atoms with Crippen LogP contribution in [0, 0.1) is 6.92 Å². The first-order chi connectivity index (χ1) is 10.2. The summed E-state index contributed by atoms with van der Waals surface area (Å²) in [5, 5.41) is 14.0. The number of aromatic nitrogens is 4. The Kier molecular flexibility index (Phi) is 5.74. The van der Waals surface area contributed by atoms with Gasteiger partial charge in [0, 0.05) is 17.0 Å². The van der Waals surface area contributed by atoms with Crippen LogP contribution in [0.4, 0.5) is 5.69 Å². The number of tetrazole rings is 1. The van der Waals surface area contributed by atoms with Crippen LogP contribution < -0.4 is 5.32 Å². The fraction of sp³-hybridized carbons (Fsp3) is 0.429. The van der Waals surface area contributed by atoms with Gasteiger partial charge in [0.25, 0.3) is 0 Å². The van der Waals surface area contributed by atoms with Crippen LogP contribution in [-0.4, -0.2) is 31.9 Å². The van der Waals surface area contributed by atoms with E-state index in [4.69, 9.17) is 0 Å². The van der Waals surface area contributed by atoms with Crippen molar-refractivity contribution in [3.05, 3.63) is 30.1 Å². The Hall–Kier alpha value is -1.89. The summed E-state index contributed by atoms with van der Waals surface area (Å²) in [5.41, 5.74) is 0.814. The van der Waals surface area contributed by atoms with E-state index in [1.54, 1.807) is 4.68 Å². The average molecular weight is 305 g/mol. The van der Waals surface area contributed by atoms with E-state index >= 15 is 0 Å². The molecule has 0 bridgehead atoms. The van der Waals surface area contributed by atoms with Gasteiger partial charge in [0.05, 0.1) is 6.54 Å². The lowest BCUT2D eigenvalue weighted by molar-refractivity contribution is -0.116. The van der Waals surface area contributed by atoms with E-state index in [1.165, 1.54) is 4.90 Å². The SMILES string of the molecule is CCCSc1ccc(NC(=O)CCn2nnnc2C)cc1. The van der Waals surface area contributed by atoms with Crippen molar-refractivity contribution < 1.29 is 4.79 Å². The van der Waals surface area contributed by atoms with E-state index in [1.807, 2.05) is 43.0 Å². The molecule has 1 N–H and O–H groups in total. The molecule has 2 rings (SSSR count). The molecule has 0 saturated heterocycles. The summed E-state index contributed by atoms with van der Waals surface area (Å²) in [4.78, 5) is 13.1. The van der Waals surface area contributed by atoms with E-state index in [0.29, 0.717) is 18.8 Å². The van der Waals surface area contributed by atoms with Crippen molar-refractivity contribution in [1.29, 1.82) is 0 Å². The number of carbonyl (C=O) groups excluding carboxylic acids is 1. The van der Waals surface area contributed by atoms with Crippen LogP contribution in [0.2, 0.25) is 0 Å². The number of carbonyl (C=O) groups is 1. The number of nitrogens with zero attached hydrogens (tertiary/aromatic N) is 4. The van der Waals surface area contributed by atoms with Gasteiger partial charge in [-0.15, -0.1) is 16.9 Å². The summed E-state index contributed by atoms with van der Waals surface area (Å²) < 4.78 is 1.62. The molecule has 1 aromatic carbocycles. The molecule has 21 heavy (non-hydrogen) atoms. The second-order valence-electron chi connectivity index (χ2n) is 4.62. The van der Waals surface area contributed by atoms with Gasteiger partial charge in [0.1, 0.15) is 5.82 Å². The minimum atomic E-state index is -0.0427. The molecule has 1 aromatic heterocycles. The van der Waals surface area contributed by atoms with Gasteiger partial charge >= 0.3 is 0 Å². The number of benzene rings is 1. The van der Waals surface area contributed by atoms with Gasteiger partial charge in [0.2, 0.25) is 5.91 Å². The Morgan fingerprint density at radius 2 is 2.10 bits per heavy atom. The van der Waals surface area contributed by atoms with Gasteiger partial charge in [-0.25, -0.2) is 4.68 Å². The lowest BCUT2D eigenvalue weighted by atomic mass is 10.3. The van der Waals surface area contributed by atoms with Crippen molar-refractivity contribution in [2.75, 3.05) is 11.1 Å². The maximum atomic E-state index is 11.9. The quantitative estimate of drug-likeness (QED) is 0.796. The van der Waals surface area contributed by atoms with Crippen molar-refractivity contribution in [3.63, 3.8) is 0 Å². The molecule has 6 nitrogen and oxygen atoms in total. The summed E-state index contributed by atoms with van der Waals surface area (Å²) in [7, 11) is 0. The number of thioether (sulfide) groups is 1. The first-order valence-electron chi connectivity index (χ1n) is 6.94. The van der Waals surface area contributed by atoms with Gasteiger partial charge < -0.3 is 5.32 Å². The molecule has 0 aliphatic carbocycles. The lowest BCUT2D eigenvalue weighted by Gasteiger charge is -2.06. The normalized spacial score (nSPS) is 10.6. The number of hydrogen-bond donors (Lipinski definition) is 1. The van der Waals surface area contributed by atoms with E-state index in [2.05, 4.69) is 27.8 Å². The van der Waals surface area contributed by atoms with Crippen LogP contribution in [0.1, 0.15) is 25.6 Å². The monoisotopic (exact) mass is 305 g/mol. The van der Waals surface area contributed by atoms with Crippen LogP contribution in [0.3, 0.4) is 0 Å². The molecule has 1 heterocycles. The smallest absolute Gasteiger partial charge is 0.226 e. The van der Waals surface area contributed by atoms with Crippen molar-refractivity contribution in [1.82, 2.24) is 20.2 Å². The minimum Gasteiger partial charge on any atom is -0.326 e. The Balaban J connectivity index is 1.81. The third-order valence-electron chi connectivity index (χ3n) is 2.87. The molecule has 0 saturated carbocycles. The number of rotatable bonds is 7. The predicted molar refractivity (Wildman–Crippen MR) is 83.3 cm³/mol. The van der Waals surface area contributed by atoms with Crippen molar-refractivity contribution in [2.45, 2.75) is 38.1 Å². The van der Waals surface area contributed by atoms with Crippen molar-refractivity contribution >= 4 is 23.4 Å². The standard InChI is InChI=1S/C14H19N5OS/c1-3-10-21-13-6-4-12(5-7-13)15-14(20)8-9-19-11(2)16-17-18-19/h4-7H,3,8-10H2,1-2H3,(H,15,20). The molecule has 112 valence electrons. The third kappa shape index (κ3) is 4.86. The number of anilines is 1. The zero-order valence-corrected chi connectivity index (χ0v) is 13.1. The summed E-state index contributed by atoms with van der Waals surface area (Å²) in [6.07, 6.45) is 1.50. The molecule has 0 unspecified atom stereocenters. The zero-order valence-electron chi connectivity index (χ0n) is 12.2. The van der Waals surface area contributed by atoms with Gasteiger partial charge in [0.15, 0.2) is 0 Å². The topological polar surface area (TPSA) is 72.7 Å². The summed E-state index contributed by atoms with van der Waals surface area (Å²) >= 11 is 1.82. The predicted octanol–water partition coefficient (Wildman–Crippen LogP) is 2.51. The van der Waals surface area contributed by atoms with Crippen LogP contribution in [-0.2, 0) is 11.3 Å². The highest BCUT2D eigenvalue weighted by molar-refractivity contribution is 7.99.